The fraction of sp³-hybridized carbons (Fsp3) is 0.938. The van der Waals surface area contributed by atoms with Crippen LogP contribution in [0.15, 0.2) is 0 Å². The van der Waals surface area contributed by atoms with Crippen LogP contribution in [0.3, 0.4) is 0 Å². The van der Waals surface area contributed by atoms with Crippen molar-refractivity contribution in [2.45, 2.75) is 87.0 Å². The average Bonchev–Trinajstić information content (AvgIpc) is 2.45. The molecule has 0 fully saturated rings. The van der Waals surface area contributed by atoms with Crippen molar-refractivity contribution < 1.29 is 4.79 Å². The minimum absolute atomic E-state index is 0.256. The first-order chi connectivity index (χ1) is 8.68. The molecule has 0 aliphatic carbocycles. The zero-order valence-corrected chi connectivity index (χ0v) is 14.6. The van der Waals surface area contributed by atoms with E-state index in [9.17, 15) is 4.79 Å². The second kappa shape index (κ2) is 30.0. The molecule has 0 unspecified atom stereocenters. The second-order valence-corrected chi connectivity index (χ2v) is 3.45. The van der Waals surface area contributed by atoms with E-state index in [-0.39, 0.29) is 5.91 Å². The average molecular weight is 261 g/mol. The molecule has 1 amide bonds. The first kappa shape index (κ1) is 26.1. The molecule has 0 aromatic heterocycles. The van der Waals surface area contributed by atoms with Crippen molar-refractivity contribution in [3.05, 3.63) is 0 Å². The number of hydrogen-bond donors (Lipinski definition) is 0. The highest BCUT2D eigenvalue weighted by atomic mass is 16.2. The molecule has 0 aromatic rings. The fourth-order valence-corrected chi connectivity index (χ4v) is 1.10. The van der Waals surface area contributed by atoms with Crippen molar-refractivity contribution >= 4 is 5.91 Å². The molecule has 0 saturated heterocycles. The van der Waals surface area contributed by atoms with Crippen molar-refractivity contribution in [1.82, 2.24) is 4.90 Å². The molecule has 2 heteroatoms. The lowest BCUT2D eigenvalue weighted by Gasteiger charge is -2.09. The Morgan fingerprint density at radius 3 is 1.50 bits per heavy atom. The summed E-state index contributed by atoms with van der Waals surface area (Å²) in [6.45, 7) is 14.2. The number of unbranched alkanes of at least 4 members (excludes halogenated alkanes) is 4. The van der Waals surface area contributed by atoms with Gasteiger partial charge in [-0.1, -0.05) is 74.1 Å². The van der Waals surface area contributed by atoms with Gasteiger partial charge in [-0.05, 0) is 6.42 Å². The van der Waals surface area contributed by atoms with Crippen molar-refractivity contribution in [2.75, 3.05) is 14.1 Å². The molecular weight excluding hydrogens is 222 g/mol. The Bertz CT molecular complexity index is 122. The maximum Gasteiger partial charge on any atom is 0.222 e. The molecule has 0 heterocycles. The van der Waals surface area contributed by atoms with Gasteiger partial charge in [-0.15, -0.1) is 0 Å². The summed E-state index contributed by atoms with van der Waals surface area (Å²) in [5, 5.41) is 0. The van der Waals surface area contributed by atoms with Crippen LogP contribution in [0, 0.1) is 0 Å². The molecule has 0 aromatic carbocycles. The second-order valence-electron chi connectivity index (χ2n) is 3.45. The summed E-state index contributed by atoms with van der Waals surface area (Å²) in [6.07, 6.45) is 6.82. The van der Waals surface area contributed by atoms with Gasteiger partial charge in [0.1, 0.15) is 0 Å². The zero-order chi connectivity index (χ0) is 15.4. The topological polar surface area (TPSA) is 20.3 Å². The quantitative estimate of drug-likeness (QED) is 0.577. The van der Waals surface area contributed by atoms with E-state index in [0.717, 1.165) is 12.8 Å². The lowest BCUT2D eigenvalue weighted by Crippen LogP contribution is -2.20. The maximum absolute atomic E-state index is 11.1. The Morgan fingerprint density at radius 2 is 1.17 bits per heavy atom. The highest BCUT2D eigenvalue weighted by Gasteiger charge is 2.01. The van der Waals surface area contributed by atoms with Crippen LogP contribution >= 0.6 is 0 Å². The molecule has 0 rings (SSSR count). The molecule has 2 nitrogen and oxygen atoms in total. The molecule has 18 heavy (non-hydrogen) atoms. The first-order valence-corrected chi connectivity index (χ1v) is 7.88. The minimum atomic E-state index is 0.256. The molecule has 0 spiro atoms. The Balaban J connectivity index is -0.000000141. The van der Waals surface area contributed by atoms with E-state index in [0.29, 0.717) is 0 Å². The normalized spacial score (nSPS) is 7.61. The zero-order valence-electron chi connectivity index (χ0n) is 14.6. The summed E-state index contributed by atoms with van der Waals surface area (Å²) in [6, 6.07) is 0. The number of hydrogen-bond acceptors (Lipinski definition) is 1. The van der Waals surface area contributed by atoms with E-state index in [1.807, 2.05) is 55.6 Å². The predicted octanol–water partition coefficient (Wildman–Crippen LogP) is 5.51. The Morgan fingerprint density at radius 1 is 0.778 bits per heavy atom. The Labute approximate surface area is 117 Å². The van der Waals surface area contributed by atoms with E-state index < -0.39 is 0 Å². The minimum Gasteiger partial charge on any atom is -0.349 e. The van der Waals surface area contributed by atoms with Gasteiger partial charge in [0, 0.05) is 20.5 Å². The third kappa shape index (κ3) is 29.5. The van der Waals surface area contributed by atoms with E-state index in [4.69, 9.17) is 0 Å². The van der Waals surface area contributed by atoms with Crippen LogP contribution in [0.25, 0.3) is 0 Å². The summed E-state index contributed by atoms with van der Waals surface area (Å²) in [7, 11) is 3.63. The van der Waals surface area contributed by atoms with Crippen LogP contribution in [-0.4, -0.2) is 24.9 Å². The lowest BCUT2D eigenvalue weighted by atomic mass is 10.1. The van der Waals surface area contributed by atoms with Gasteiger partial charge >= 0.3 is 0 Å². The van der Waals surface area contributed by atoms with Crippen LogP contribution in [0.5, 0.6) is 0 Å². The van der Waals surface area contributed by atoms with Gasteiger partial charge < -0.3 is 4.90 Å². The van der Waals surface area contributed by atoms with Crippen LogP contribution in [-0.2, 0) is 4.79 Å². The van der Waals surface area contributed by atoms with Crippen molar-refractivity contribution in [3.8, 4) is 0 Å². The summed E-state index contributed by atoms with van der Waals surface area (Å²) in [5.74, 6) is 0.256. The SMILES string of the molecule is CC.CC.CC.CCCCCCCC(=O)N(C)C. The molecule has 0 radical (unpaired) electrons. The first-order valence-electron chi connectivity index (χ1n) is 7.88. The van der Waals surface area contributed by atoms with E-state index in [2.05, 4.69) is 6.92 Å². The van der Waals surface area contributed by atoms with Crippen LogP contribution < -0.4 is 0 Å². The molecule has 0 N–H and O–H groups in total. The lowest BCUT2D eigenvalue weighted by molar-refractivity contribution is -0.128. The predicted molar refractivity (Wildman–Crippen MR) is 86.1 cm³/mol. The van der Waals surface area contributed by atoms with Crippen molar-refractivity contribution in [2.24, 2.45) is 0 Å². The molecule has 0 atom stereocenters. The molecule has 0 aliphatic rings. The van der Waals surface area contributed by atoms with Gasteiger partial charge in [-0.2, -0.15) is 0 Å². The summed E-state index contributed by atoms with van der Waals surface area (Å²) in [5.41, 5.74) is 0. The number of carbonyl (C=O) groups excluding carboxylic acids is 1. The van der Waals surface area contributed by atoms with Gasteiger partial charge in [0.15, 0.2) is 0 Å². The van der Waals surface area contributed by atoms with Crippen molar-refractivity contribution in [3.63, 3.8) is 0 Å². The Kier molecular flexibility index (Phi) is 43.5. The standard InChI is InChI=1S/C10H21NO.3C2H6/c1-4-5-6-7-8-9-10(12)11(2)3;3*1-2/h4-9H2,1-3H3;3*1-2H3. The number of rotatable bonds is 6. The third-order valence-corrected chi connectivity index (χ3v) is 1.99. The number of carbonyl (C=O) groups is 1. The summed E-state index contributed by atoms with van der Waals surface area (Å²) in [4.78, 5) is 12.8. The number of nitrogens with zero attached hydrogens (tertiary/aromatic N) is 1. The largest absolute Gasteiger partial charge is 0.349 e. The van der Waals surface area contributed by atoms with Gasteiger partial charge in [0.05, 0.1) is 0 Å². The van der Waals surface area contributed by atoms with Crippen LogP contribution in [0.4, 0.5) is 0 Å². The highest BCUT2D eigenvalue weighted by Crippen LogP contribution is 2.05. The number of amides is 1. The molecule has 0 bridgehead atoms. The van der Waals surface area contributed by atoms with Crippen molar-refractivity contribution in [1.29, 1.82) is 0 Å². The van der Waals surface area contributed by atoms with E-state index >= 15 is 0 Å². The fourth-order valence-electron chi connectivity index (χ4n) is 1.10. The molecular formula is C16H39NO. The third-order valence-electron chi connectivity index (χ3n) is 1.99. The van der Waals surface area contributed by atoms with Gasteiger partial charge in [0.25, 0.3) is 0 Å². The highest BCUT2D eigenvalue weighted by molar-refractivity contribution is 5.75. The van der Waals surface area contributed by atoms with E-state index in [1.165, 1.54) is 25.7 Å². The molecule has 0 aliphatic heterocycles. The smallest absolute Gasteiger partial charge is 0.222 e. The maximum atomic E-state index is 11.1. The van der Waals surface area contributed by atoms with Gasteiger partial charge in [0.2, 0.25) is 5.91 Å². The summed E-state index contributed by atoms with van der Waals surface area (Å²) >= 11 is 0. The van der Waals surface area contributed by atoms with Gasteiger partial charge in [-0.3, -0.25) is 4.79 Å². The Hall–Kier alpha value is -0.530. The van der Waals surface area contributed by atoms with E-state index in [1.54, 1.807) is 4.90 Å². The molecule has 0 saturated carbocycles. The van der Waals surface area contributed by atoms with Crippen LogP contribution in [0.2, 0.25) is 0 Å². The monoisotopic (exact) mass is 261 g/mol. The van der Waals surface area contributed by atoms with Gasteiger partial charge in [-0.25, -0.2) is 0 Å². The molecule has 114 valence electrons. The summed E-state index contributed by atoms with van der Waals surface area (Å²) < 4.78 is 0. The van der Waals surface area contributed by atoms with Crippen LogP contribution in [0.1, 0.15) is 87.0 Å².